The third kappa shape index (κ3) is 5.05. The van der Waals surface area contributed by atoms with Crippen LogP contribution in [0.25, 0.3) is 0 Å². The predicted molar refractivity (Wildman–Crippen MR) is 97.7 cm³/mol. The highest BCUT2D eigenvalue weighted by molar-refractivity contribution is 5.88. The van der Waals surface area contributed by atoms with Gasteiger partial charge in [-0.25, -0.2) is 0 Å². The van der Waals surface area contributed by atoms with Crippen molar-refractivity contribution in [3.63, 3.8) is 0 Å². The highest BCUT2D eigenvalue weighted by Crippen LogP contribution is 2.19. The number of β-amino-alcohol motifs (C(OH)–C–C–N with tert-alkyl or cyclic N) is 1. The van der Waals surface area contributed by atoms with Gasteiger partial charge >= 0.3 is 0 Å². The minimum Gasteiger partial charge on any atom is -0.491 e. The van der Waals surface area contributed by atoms with E-state index in [1.807, 2.05) is 0 Å². The van der Waals surface area contributed by atoms with Gasteiger partial charge < -0.3 is 15.2 Å². The molecule has 1 heterocycles. The molecule has 0 saturated heterocycles. The molecule has 0 fully saturated rings. The molecular formula is C20H24N2O3. The van der Waals surface area contributed by atoms with Crippen molar-refractivity contribution in [2.75, 3.05) is 25.0 Å². The number of aliphatic hydroxyl groups excluding tert-OH is 1. The number of anilines is 1. The summed E-state index contributed by atoms with van der Waals surface area (Å²) in [5, 5.41) is 13.0. The van der Waals surface area contributed by atoms with Crippen LogP contribution in [0.4, 0.5) is 5.69 Å². The van der Waals surface area contributed by atoms with Crippen LogP contribution in [0.1, 0.15) is 18.1 Å². The number of hydrogen-bond acceptors (Lipinski definition) is 4. The van der Waals surface area contributed by atoms with E-state index in [4.69, 9.17) is 4.74 Å². The third-order valence-electron chi connectivity index (χ3n) is 4.30. The Hall–Kier alpha value is -2.37. The van der Waals surface area contributed by atoms with Crippen LogP contribution in [0.5, 0.6) is 5.75 Å². The van der Waals surface area contributed by atoms with E-state index in [0.717, 1.165) is 25.2 Å². The number of fused-ring (bicyclic) bond motifs is 1. The topological polar surface area (TPSA) is 61.8 Å². The molecule has 25 heavy (non-hydrogen) atoms. The first kappa shape index (κ1) is 17.5. The first-order chi connectivity index (χ1) is 12.1. The van der Waals surface area contributed by atoms with Crippen molar-refractivity contribution >= 4 is 11.6 Å². The van der Waals surface area contributed by atoms with Gasteiger partial charge in [-0.2, -0.15) is 0 Å². The van der Waals surface area contributed by atoms with Crippen molar-refractivity contribution in [3.05, 3.63) is 59.7 Å². The van der Waals surface area contributed by atoms with Crippen molar-refractivity contribution in [3.8, 4) is 5.75 Å². The molecule has 5 nitrogen and oxygen atoms in total. The molecule has 0 spiro atoms. The van der Waals surface area contributed by atoms with Crippen molar-refractivity contribution in [1.82, 2.24) is 4.90 Å². The summed E-state index contributed by atoms with van der Waals surface area (Å²) in [6.45, 7) is 4.15. The van der Waals surface area contributed by atoms with Crippen LogP contribution in [-0.4, -0.2) is 41.7 Å². The number of aliphatic hydroxyl groups is 1. The zero-order valence-corrected chi connectivity index (χ0v) is 14.4. The summed E-state index contributed by atoms with van der Waals surface area (Å²) < 4.78 is 5.65. The lowest BCUT2D eigenvalue weighted by atomic mass is 10.00. The summed E-state index contributed by atoms with van der Waals surface area (Å²) in [4.78, 5) is 13.3. The van der Waals surface area contributed by atoms with Gasteiger partial charge in [0.25, 0.3) is 0 Å². The van der Waals surface area contributed by atoms with Crippen LogP contribution in [-0.2, 0) is 17.8 Å². The number of hydrogen-bond donors (Lipinski definition) is 2. The second kappa shape index (κ2) is 8.14. The van der Waals surface area contributed by atoms with Crippen LogP contribution in [0.3, 0.4) is 0 Å². The molecule has 3 rings (SSSR count). The first-order valence-corrected chi connectivity index (χ1v) is 8.58. The maximum absolute atomic E-state index is 11.0. The molecule has 0 aliphatic carbocycles. The van der Waals surface area contributed by atoms with E-state index in [9.17, 15) is 9.90 Å². The summed E-state index contributed by atoms with van der Waals surface area (Å²) in [5.41, 5.74) is 3.48. The molecule has 0 unspecified atom stereocenters. The van der Waals surface area contributed by atoms with Crippen LogP contribution >= 0.6 is 0 Å². The number of amides is 1. The highest BCUT2D eigenvalue weighted by atomic mass is 16.5. The van der Waals surface area contributed by atoms with Crippen molar-refractivity contribution in [2.24, 2.45) is 0 Å². The molecule has 2 aromatic carbocycles. The molecule has 132 valence electrons. The molecule has 1 amide bonds. The minimum atomic E-state index is -0.541. The quantitative estimate of drug-likeness (QED) is 0.848. The second-order valence-electron chi connectivity index (χ2n) is 6.42. The number of benzene rings is 2. The van der Waals surface area contributed by atoms with E-state index in [-0.39, 0.29) is 12.5 Å². The normalized spacial score (nSPS) is 15.3. The Bertz CT molecular complexity index is 715. The van der Waals surface area contributed by atoms with Crippen molar-refractivity contribution in [2.45, 2.75) is 26.0 Å². The summed E-state index contributed by atoms with van der Waals surface area (Å²) in [7, 11) is 0. The number of carbonyl (C=O) groups is 1. The molecule has 0 saturated carbocycles. The molecule has 0 bridgehead atoms. The van der Waals surface area contributed by atoms with Crippen molar-refractivity contribution in [1.29, 1.82) is 0 Å². The number of nitrogens with one attached hydrogen (secondary N) is 1. The molecule has 0 radical (unpaired) electrons. The van der Waals surface area contributed by atoms with Gasteiger partial charge in [0.15, 0.2) is 0 Å². The Labute approximate surface area is 148 Å². The Morgan fingerprint density at radius 2 is 1.92 bits per heavy atom. The molecule has 2 N–H and O–H groups in total. The zero-order valence-electron chi connectivity index (χ0n) is 14.4. The van der Waals surface area contributed by atoms with Gasteiger partial charge in [0, 0.05) is 32.2 Å². The molecule has 1 aliphatic rings. The number of nitrogens with zero attached hydrogens (tertiary/aromatic N) is 1. The van der Waals surface area contributed by atoms with Gasteiger partial charge in [0.05, 0.1) is 0 Å². The summed E-state index contributed by atoms with van der Waals surface area (Å²) in [5.74, 6) is 0.573. The van der Waals surface area contributed by atoms with Crippen molar-refractivity contribution < 1.29 is 14.6 Å². The van der Waals surface area contributed by atoms with Gasteiger partial charge in [-0.05, 0) is 41.8 Å². The van der Waals surface area contributed by atoms with Gasteiger partial charge in [-0.15, -0.1) is 0 Å². The Balaban J connectivity index is 1.45. The average Bonchev–Trinajstić information content (AvgIpc) is 2.60. The fraction of sp³-hybridized carbons (Fsp3) is 0.350. The lowest BCUT2D eigenvalue weighted by Gasteiger charge is -2.30. The SMILES string of the molecule is CC(=O)Nc1ccc(OC[C@H](O)CN2CCc3ccccc3C2)cc1. The van der Waals surface area contributed by atoms with Crippen LogP contribution in [0, 0.1) is 0 Å². The van der Waals surface area contributed by atoms with Gasteiger partial charge in [-0.3, -0.25) is 9.69 Å². The zero-order chi connectivity index (χ0) is 17.6. The van der Waals surface area contributed by atoms with E-state index >= 15 is 0 Å². The van der Waals surface area contributed by atoms with Crippen LogP contribution in [0.15, 0.2) is 48.5 Å². The van der Waals surface area contributed by atoms with E-state index in [0.29, 0.717) is 12.3 Å². The maximum Gasteiger partial charge on any atom is 0.221 e. The number of carbonyl (C=O) groups excluding carboxylic acids is 1. The Morgan fingerprint density at radius 3 is 2.64 bits per heavy atom. The average molecular weight is 340 g/mol. The highest BCUT2D eigenvalue weighted by Gasteiger charge is 2.18. The molecule has 1 atom stereocenters. The monoisotopic (exact) mass is 340 g/mol. The molecule has 5 heteroatoms. The fourth-order valence-electron chi connectivity index (χ4n) is 3.09. The lowest BCUT2D eigenvalue weighted by molar-refractivity contribution is -0.114. The molecule has 1 aliphatic heterocycles. The van der Waals surface area contributed by atoms with Gasteiger partial charge in [-0.1, -0.05) is 24.3 Å². The van der Waals surface area contributed by atoms with E-state index in [1.165, 1.54) is 18.1 Å². The van der Waals surface area contributed by atoms with Gasteiger partial charge in [0.1, 0.15) is 18.5 Å². The molecule has 0 aromatic heterocycles. The number of rotatable bonds is 6. The third-order valence-corrected chi connectivity index (χ3v) is 4.30. The fourth-order valence-corrected chi connectivity index (χ4v) is 3.09. The lowest BCUT2D eigenvalue weighted by Crippen LogP contribution is -2.38. The van der Waals surface area contributed by atoms with E-state index in [1.54, 1.807) is 24.3 Å². The standard InChI is InChI=1S/C20H24N2O3/c1-15(23)21-18-6-8-20(9-7-18)25-14-19(24)13-22-11-10-16-4-2-3-5-17(16)12-22/h2-9,19,24H,10-14H2,1H3,(H,21,23)/t19-/m1/s1. The van der Waals surface area contributed by atoms with Gasteiger partial charge in [0.2, 0.25) is 5.91 Å². The Morgan fingerprint density at radius 1 is 1.20 bits per heavy atom. The van der Waals surface area contributed by atoms with E-state index < -0.39 is 6.10 Å². The Kier molecular flexibility index (Phi) is 5.68. The van der Waals surface area contributed by atoms with E-state index in [2.05, 4.69) is 34.5 Å². The van der Waals surface area contributed by atoms with Crippen LogP contribution < -0.4 is 10.1 Å². The van der Waals surface area contributed by atoms with Crippen LogP contribution in [0.2, 0.25) is 0 Å². The summed E-state index contributed by atoms with van der Waals surface area (Å²) in [6.07, 6.45) is 0.481. The predicted octanol–water partition coefficient (Wildman–Crippen LogP) is 2.44. The number of ether oxygens (including phenoxy) is 1. The first-order valence-electron chi connectivity index (χ1n) is 8.58. The molecule has 2 aromatic rings. The largest absolute Gasteiger partial charge is 0.491 e. The summed E-state index contributed by atoms with van der Waals surface area (Å²) >= 11 is 0. The maximum atomic E-state index is 11.0. The second-order valence-corrected chi connectivity index (χ2v) is 6.42. The summed E-state index contributed by atoms with van der Waals surface area (Å²) in [6, 6.07) is 15.6. The molecular weight excluding hydrogens is 316 g/mol. The smallest absolute Gasteiger partial charge is 0.221 e. The minimum absolute atomic E-state index is 0.104.